The van der Waals surface area contributed by atoms with E-state index >= 15 is 0 Å². The Bertz CT molecular complexity index is 806. The molecule has 188 valence electrons. The number of hydrogen-bond acceptors (Lipinski definition) is 5. The smallest absolute Gasteiger partial charge is 0.305 e. The number of carbonyl (C=O) groups excluding carboxylic acids is 2. The fourth-order valence-electron chi connectivity index (χ4n) is 8.89. The quantitative estimate of drug-likeness (QED) is 0.293. The van der Waals surface area contributed by atoms with Crippen molar-refractivity contribution >= 4 is 11.9 Å². The van der Waals surface area contributed by atoms with Crippen LogP contribution in [0.4, 0.5) is 0 Å². The summed E-state index contributed by atoms with van der Waals surface area (Å²) >= 11 is 0. The van der Waals surface area contributed by atoms with Gasteiger partial charge in [-0.15, -0.1) is 0 Å². The van der Waals surface area contributed by atoms with E-state index < -0.39 is 0 Å². The number of hydrogen-bond donors (Lipinski definition) is 1. The Hall–Kier alpha value is -1.62. The molecule has 5 heteroatoms. The average Bonchev–Trinajstić information content (AvgIpc) is 3.30. The minimum atomic E-state index is -0.382. The van der Waals surface area contributed by atoms with Crippen molar-refractivity contribution in [1.82, 2.24) is 0 Å². The fraction of sp³-hybridized carbons (Fsp3) is 0.793. The summed E-state index contributed by atoms with van der Waals surface area (Å²) in [6, 6.07) is 0. The fourth-order valence-corrected chi connectivity index (χ4v) is 8.89. The van der Waals surface area contributed by atoms with Gasteiger partial charge in [0.25, 0.3) is 0 Å². The molecular formula is C29H42O5. The van der Waals surface area contributed by atoms with Crippen molar-refractivity contribution in [2.45, 2.75) is 96.2 Å². The van der Waals surface area contributed by atoms with Crippen LogP contribution in [0.2, 0.25) is 0 Å². The molecule has 6 fully saturated rings. The highest BCUT2D eigenvalue weighted by Gasteiger charge is 2.54. The normalized spacial score (nSPS) is 42.3. The van der Waals surface area contributed by atoms with Gasteiger partial charge in [-0.05, 0) is 100 Å². The Balaban J connectivity index is 1.24. The van der Waals surface area contributed by atoms with E-state index in [1.165, 1.54) is 58.1 Å². The average molecular weight is 471 g/mol. The molecule has 0 aromatic carbocycles. The Kier molecular flexibility index (Phi) is 6.94. The Labute approximate surface area is 204 Å². The van der Waals surface area contributed by atoms with Crippen molar-refractivity contribution in [3.63, 3.8) is 0 Å². The van der Waals surface area contributed by atoms with Gasteiger partial charge in [-0.1, -0.05) is 23.8 Å². The van der Waals surface area contributed by atoms with Crippen LogP contribution in [0.5, 0.6) is 0 Å². The van der Waals surface area contributed by atoms with Crippen molar-refractivity contribution in [2.24, 2.45) is 40.9 Å². The van der Waals surface area contributed by atoms with Gasteiger partial charge in [0.05, 0.1) is 13.2 Å². The molecule has 0 aromatic rings. The third-order valence-electron chi connectivity index (χ3n) is 9.88. The van der Waals surface area contributed by atoms with Crippen LogP contribution in [0, 0.1) is 40.9 Å². The van der Waals surface area contributed by atoms with Crippen LogP contribution in [0.15, 0.2) is 23.8 Å². The van der Waals surface area contributed by atoms with Crippen LogP contribution in [0.25, 0.3) is 0 Å². The first-order valence-electron chi connectivity index (χ1n) is 13.6. The lowest BCUT2D eigenvalue weighted by Gasteiger charge is -2.58. The number of aliphatic hydroxyl groups excluding tert-OH is 1. The maximum atomic E-state index is 11.8. The number of fused-ring (bicyclic) bond motifs is 1. The molecule has 6 aliphatic rings. The molecule has 34 heavy (non-hydrogen) atoms. The summed E-state index contributed by atoms with van der Waals surface area (Å²) in [7, 11) is 1.44. The van der Waals surface area contributed by atoms with Gasteiger partial charge in [0.15, 0.2) is 0 Å². The summed E-state index contributed by atoms with van der Waals surface area (Å²) in [5.74, 6) is 3.29. The second-order valence-corrected chi connectivity index (χ2v) is 12.2. The van der Waals surface area contributed by atoms with Gasteiger partial charge in [-0.25, -0.2) is 0 Å². The molecule has 1 N–H and O–H groups in total. The lowest BCUT2D eigenvalue weighted by Crippen LogP contribution is -2.51. The molecule has 6 saturated carbocycles. The van der Waals surface area contributed by atoms with Gasteiger partial charge < -0.3 is 14.6 Å². The van der Waals surface area contributed by atoms with E-state index in [-0.39, 0.29) is 35.5 Å². The molecule has 0 heterocycles. The molecule has 4 bridgehead atoms. The summed E-state index contributed by atoms with van der Waals surface area (Å²) in [4.78, 5) is 23.2. The van der Waals surface area contributed by atoms with E-state index in [0.717, 1.165) is 49.9 Å². The van der Waals surface area contributed by atoms with Gasteiger partial charge in [0.2, 0.25) is 0 Å². The molecule has 0 aromatic heterocycles. The first-order valence-corrected chi connectivity index (χ1v) is 13.6. The third kappa shape index (κ3) is 4.87. The second-order valence-electron chi connectivity index (χ2n) is 12.2. The second kappa shape index (κ2) is 9.79. The van der Waals surface area contributed by atoms with Crippen molar-refractivity contribution in [3.05, 3.63) is 23.8 Å². The van der Waals surface area contributed by atoms with Crippen LogP contribution >= 0.6 is 0 Å². The van der Waals surface area contributed by atoms with Crippen LogP contribution in [0.3, 0.4) is 0 Å². The molecule has 6 aliphatic carbocycles. The Morgan fingerprint density at radius 3 is 2.38 bits per heavy atom. The predicted molar refractivity (Wildman–Crippen MR) is 130 cm³/mol. The highest BCUT2D eigenvalue weighted by molar-refractivity contribution is 5.69. The molecule has 0 aliphatic heterocycles. The molecule has 0 amide bonds. The lowest BCUT2D eigenvalue weighted by molar-refractivity contribution is -0.147. The highest BCUT2D eigenvalue weighted by Crippen LogP contribution is 2.61. The number of aliphatic hydroxyl groups is 1. The zero-order valence-corrected chi connectivity index (χ0v) is 20.9. The highest BCUT2D eigenvalue weighted by atomic mass is 16.5. The Morgan fingerprint density at radius 1 is 1.09 bits per heavy atom. The summed E-state index contributed by atoms with van der Waals surface area (Å²) < 4.78 is 10.5. The van der Waals surface area contributed by atoms with Crippen LogP contribution in [-0.4, -0.2) is 36.4 Å². The number of unbranched alkanes of at least 4 members (excludes halogenated alkanes) is 1. The van der Waals surface area contributed by atoms with Gasteiger partial charge in [0, 0.05) is 24.7 Å². The van der Waals surface area contributed by atoms with Gasteiger partial charge in [0.1, 0.15) is 6.10 Å². The standard InChI is InChI=1S/C29H42O5/c1-18(30)34-26-14-23-12-19(5-3-4-6-28(32)33-2)13-25(23)24(26)7-8-27(31)29-15-20-9-21(16-29)11-22(10-20)17-29/h5,7-8,20-27,31H,3-4,6,9-17H2,1-2H3/t20?,21?,22?,23-,24+,25-,26+,27?,29?/m1/s1. The minimum absolute atomic E-state index is 0.0758. The topological polar surface area (TPSA) is 72.8 Å². The van der Waals surface area contributed by atoms with E-state index in [9.17, 15) is 14.7 Å². The largest absolute Gasteiger partial charge is 0.469 e. The van der Waals surface area contributed by atoms with Crippen LogP contribution in [0.1, 0.15) is 84.0 Å². The monoisotopic (exact) mass is 470 g/mol. The third-order valence-corrected chi connectivity index (χ3v) is 9.88. The molecule has 0 radical (unpaired) electrons. The van der Waals surface area contributed by atoms with Gasteiger partial charge in [-0.2, -0.15) is 0 Å². The molecule has 0 spiro atoms. The summed E-state index contributed by atoms with van der Waals surface area (Å²) in [5, 5.41) is 11.4. The van der Waals surface area contributed by atoms with Crippen molar-refractivity contribution in [3.8, 4) is 0 Å². The molecule has 0 saturated heterocycles. The maximum absolute atomic E-state index is 11.8. The number of methoxy groups -OCH3 is 1. The zero-order chi connectivity index (χ0) is 23.9. The van der Waals surface area contributed by atoms with E-state index in [1.807, 2.05) is 0 Å². The first-order chi connectivity index (χ1) is 16.3. The molecule has 1 unspecified atom stereocenters. The van der Waals surface area contributed by atoms with Crippen molar-refractivity contribution < 1.29 is 24.2 Å². The lowest BCUT2D eigenvalue weighted by atomic mass is 9.48. The van der Waals surface area contributed by atoms with E-state index in [2.05, 4.69) is 18.2 Å². The van der Waals surface area contributed by atoms with Gasteiger partial charge >= 0.3 is 11.9 Å². The molecule has 5 nitrogen and oxygen atoms in total. The number of ether oxygens (including phenoxy) is 2. The number of rotatable bonds is 8. The van der Waals surface area contributed by atoms with Crippen LogP contribution < -0.4 is 0 Å². The van der Waals surface area contributed by atoms with E-state index in [1.54, 1.807) is 0 Å². The summed E-state index contributed by atoms with van der Waals surface area (Å²) in [5.41, 5.74) is 1.56. The van der Waals surface area contributed by atoms with E-state index in [0.29, 0.717) is 18.3 Å². The number of esters is 2. The van der Waals surface area contributed by atoms with Crippen molar-refractivity contribution in [2.75, 3.05) is 7.11 Å². The zero-order valence-electron chi connectivity index (χ0n) is 20.9. The van der Waals surface area contributed by atoms with Crippen molar-refractivity contribution in [1.29, 1.82) is 0 Å². The summed E-state index contributed by atoms with van der Waals surface area (Å²) in [6.45, 7) is 1.51. The summed E-state index contributed by atoms with van der Waals surface area (Å²) in [6.07, 6.45) is 19.1. The molecule has 6 rings (SSSR count). The SMILES string of the molecule is COC(=O)CCCC=C1C[C@@H]2C[C@H](OC(C)=O)[C@@H](C=CC(O)C34CC5CC(CC(C5)C3)C4)[C@@H]2C1. The Morgan fingerprint density at radius 2 is 1.76 bits per heavy atom. The predicted octanol–water partition coefficient (Wildman–Crippen LogP) is 5.37. The first kappa shape index (κ1) is 24.1. The number of allylic oxidation sites excluding steroid dienone is 2. The van der Waals surface area contributed by atoms with Gasteiger partial charge in [-0.3, -0.25) is 9.59 Å². The minimum Gasteiger partial charge on any atom is -0.469 e. The molecular weight excluding hydrogens is 428 g/mol. The number of carbonyl (C=O) groups is 2. The van der Waals surface area contributed by atoms with Crippen LogP contribution in [-0.2, 0) is 19.1 Å². The maximum Gasteiger partial charge on any atom is 0.305 e. The molecule has 5 atom stereocenters. The van der Waals surface area contributed by atoms with E-state index in [4.69, 9.17) is 9.47 Å².